The molecule has 0 unspecified atom stereocenters. The topological polar surface area (TPSA) is 88.6 Å². The van der Waals surface area contributed by atoms with Crippen molar-refractivity contribution in [2.24, 2.45) is 0 Å². The predicted octanol–water partition coefficient (Wildman–Crippen LogP) is 2.45. The van der Waals surface area contributed by atoms with E-state index >= 15 is 0 Å². The highest BCUT2D eigenvalue weighted by Gasteiger charge is 2.24. The van der Waals surface area contributed by atoms with Gasteiger partial charge < -0.3 is 10.1 Å². The van der Waals surface area contributed by atoms with Crippen LogP contribution in [0.25, 0.3) is 0 Å². The SMILES string of the molecule is CCN(CC)S(=O)(=O)c1ccc(F)c(C(=O)NCCCOc2ccncc2)c1. The molecule has 0 radical (unpaired) electrons. The van der Waals surface area contributed by atoms with Gasteiger partial charge in [0.1, 0.15) is 11.6 Å². The van der Waals surface area contributed by atoms with E-state index in [2.05, 4.69) is 10.3 Å². The van der Waals surface area contributed by atoms with Crippen LogP contribution in [-0.4, -0.2) is 49.9 Å². The van der Waals surface area contributed by atoms with Gasteiger partial charge >= 0.3 is 0 Å². The predicted molar refractivity (Wildman–Crippen MR) is 103 cm³/mol. The van der Waals surface area contributed by atoms with Crippen LogP contribution in [0.5, 0.6) is 5.75 Å². The minimum Gasteiger partial charge on any atom is -0.493 e. The summed E-state index contributed by atoms with van der Waals surface area (Å²) < 4.78 is 45.9. The maximum atomic E-state index is 14.1. The maximum Gasteiger partial charge on any atom is 0.254 e. The number of nitrogens with one attached hydrogen (secondary N) is 1. The van der Waals surface area contributed by atoms with Crippen LogP contribution in [-0.2, 0) is 10.0 Å². The average Bonchev–Trinajstić information content (AvgIpc) is 2.69. The molecule has 0 atom stereocenters. The molecule has 2 rings (SSSR count). The van der Waals surface area contributed by atoms with E-state index in [-0.39, 0.29) is 30.1 Å². The number of amides is 1. The summed E-state index contributed by atoms with van der Waals surface area (Å²) in [6.45, 7) is 4.63. The second-order valence-electron chi connectivity index (χ2n) is 5.87. The molecule has 0 fully saturated rings. The van der Waals surface area contributed by atoms with Crippen LogP contribution in [0.2, 0.25) is 0 Å². The van der Waals surface area contributed by atoms with Gasteiger partial charge in [-0.15, -0.1) is 0 Å². The second kappa shape index (κ2) is 10.1. The Morgan fingerprint density at radius 1 is 1.18 bits per heavy atom. The van der Waals surface area contributed by atoms with E-state index in [1.807, 2.05) is 0 Å². The molecule has 0 aliphatic rings. The third-order valence-corrected chi connectivity index (χ3v) is 6.10. The van der Waals surface area contributed by atoms with Crippen molar-refractivity contribution in [1.29, 1.82) is 0 Å². The summed E-state index contributed by atoms with van der Waals surface area (Å²) in [6, 6.07) is 6.68. The summed E-state index contributed by atoms with van der Waals surface area (Å²) >= 11 is 0. The van der Waals surface area contributed by atoms with Crippen molar-refractivity contribution in [3.8, 4) is 5.75 Å². The van der Waals surface area contributed by atoms with Gasteiger partial charge in [0.25, 0.3) is 5.91 Å². The monoisotopic (exact) mass is 409 g/mol. The third kappa shape index (κ3) is 5.49. The quantitative estimate of drug-likeness (QED) is 0.609. The average molecular weight is 409 g/mol. The molecule has 28 heavy (non-hydrogen) atoms. The lowest BCUT2D eigenvalue weighted by atomic mass is 10.2. The fourth-order valence-corrected chi connectivity index (χ4v) is 4.03. The fraction of sp³-hybridized carbons (Fsp3) is 0.368. The molecular formula is C19H24FN3O4S. The standard InChI is InChI=1S/C19H24FN3O4S/c1-3-23(4-2)28(25,26)16-6-7-18(20)17(14-16)19(24)22-10-5-13-27-15-8-11-21-12-9-15/h6-9,11-12,14H,3-5,10,13H2,1-2H3,(H,22,24). The van der Waals surface area contributed by atoms with E-state index in [0.717, 1.165) is 12.1 Å². The summed E-state index contributed by atoms with van der Waals surface area (Å²) in [5.74, 6) is -0.774. The van der Waals surface area contributed by atoms with Gasteiger partial charge in [0.2, 0.25) is 10.0 Å². The first-order valence-electron chi connectivity index (χ1n) is 9.00. The Hall–Kier alpha value is -2.52. The van der Waals surface area contributed by atoms with Crippen molar-refractivity contribution in [2.45, 2.75) is 25.2 Å². The van der Waals surface area contributed by atoms with Gasteiger partial charge in [0.15, 0.2) is 0 Å². The summed E-state index contributed by atoms with van der Waals surface area (Å²) in [5.41, 5.74) is -0.303. The highest BCUT2D eigenvalue weighted by atomic mass is 32.2. The van der Waals surface area contributed by atoms with Crippen molar-refractivity contribution in [3.63, 3.8) is 0 Å². The lowest BCUT2D eigenvalue weighted by molar-refractivity contribution is 0.0947. The highest BCUT2D eigenvalue weighted by molar-refractivity contribution is 7.89. The van der Waals surface area contributed by atoms with Crippen molar-refractivity contribution >= 4 is 15.9 Å². The Bertz CT molecular complexity index is 887. The minimum atomic E-state index is -3.77. The molecule has 0 aliphatic heterocycles. The number of halogens is 1. The van der Waals surface area contributed by atoms with Gasteiger partial charge in [-0.1, -0.05) is 13.8 Å². The zero-order valence-electron chi connectivity index (χ0n) is 15.9. The molecule has 7 nitrogen and oxygen atoms in total. The maximum absolute atomic E-state index is 14.1. The highest BCUT2D eigenvalue weighted by Crippen LogP contribution is 2.19. The zero-order chi connectivity index (χ0) is 20.6. The zero-order valence-corrected chi connectivity index (χ0v) is 16.7. The number of pyridine rings is 1. The van der Waals surface area contributed by atoms with Crippen molar-refractivity contribution < 1.29 is 22.3 Å². The first-order valence-corrected chi connectivity index (χ1v) is 10.4. The number of aromatic nitrogens is 1. The fourth-order valence-electron chi connectivity index (χ4n) is 2.55. The molecule has 2 aromatic rings. The van der Waals surface area contributed by atoms with E-state index in [9.17, 15) is 17.6 Å². The molecular weight excluding hydrogens is 385 g/mol. The molecule has 1 aromatic carbocycles. The Morgan fingerprint density at radius 2 is 1.86 bits per heavy atom. The second-order valence-corrected chi connectivity index (χ2v) is 7.81. The van der Waals surface area contributed by atoms with E-state index in [1.54, 1.807) is 38.4 Å². The van der Waals surface area contributed by atoms with Gasteiger partial charge in [0, 0.05) is 32.0 Å². The number of hydrogen-bond acceptors (Lipinski definition) is 5. The summed E-state index contributed by atoms with van der Waals surface area (Å²) in [4.78, 5) is 16.1. The van der Waals surface area contributed by atoms with E-state index in [1.165, 1.54) is 10.4 Å². The van der Waals surface area contributed by atoms with Crippen molar-refractivity contribution in [1.82, 2.24) is 14.6 Å². The molecule has 0 spiro atoms. The lowest BCUT2D eigenvalue weighted by Gasteiger charge is -2.19. The van der Waals surface area contributed by atoms with Gasteiger partial charge in [-0.3, -0.25) is 9.78 Å². The van der Waals surface area contributed by atoms with Crippen molar-refractivity contribution in [3.05, 3.63) is 54.1 Å². The number of benzene rings is 1. The Kier molecular flexibility index (Phi) is 7.89. The van der Waals surface area contributed by atoms with Crippen LogP contribution < -0.4 is 10.1 Å². The first kappa shape index (κ1) is 21.8. The van der Waals surface area contributed by atoms with Crippen LogP contribution in [0.3, 0.4) is 0 Å². The molecule has 0 bridgehead atoms. The number of ether oxygens (including phenoxy) is 1. The Balaban J connectivity index is 1.97. The molecule has 0 aliphatic carbocycles. The Morgan fingerprint density at radius 3 is 2.50 bits per heavy atom. The number of carbonyl (C=O) groups excluding carboxylic acids is 1. The van der Waals surface area contributed by atoms with Crippen LogP contribution in [0.15, 0.2) is 47.6 Å². The summed E-state index contributed by atoms with van der Waals surface area (Å²) in [5, 5.41) is 2.58. The molecule has 0 saturated carbocycles. The molecule has 1 amide bonds. The third-order valence-electron chi connectivity index (χ3n) is 4.05. The van der Waals surface area contributed by atoms with Gasteiger partial charge in [-0.25, -0.2) is 12.8 Å². The first-order chi connectivity index (χ1) is 13.4. The number of carbonyl (C=O) groups is 1. The summed E-state index contributed by atoms with van der Waals surface area (Å²) in [6.07, 6.45) is 3.73. The number of hydrogen-bond donors (Lipinski definition) is 1. The number of nitrogens with zero attached hydrogens (tertiary/aromatic N) is 2. The van der Waals surface area contributed by atoms with Crippen LogP contribution in [0.4, 0.5) is 4.39 Å². The molecule has 1 heterocycles. The Labute approximate surface area is 164 Å². The van der Waals surface area contributed by atoms with E-state index in [4.69, 9.17) is 4.74 Å². The molecule has 9 heteroatoms. The smallest absolute Gasteiger partial charge is 0.254 e. The minimum absolute atomic E-state index is 0.108. The lowest BCUT2D eigenvalue weighted by Crippen LogP contribution is -2.31. The van der Waals surface area contributed by atoms with Crippen LogP contribution in [0.1, 0.15) is 30.6 Å². The summed E-state index contributed by atoms with van der Waals surface area (Å²) in [7, 11) is -3.77. The van der Waals surface area contributed by atoms with Gasteiger partial charge in [-0.05, 0) is 36.8 Å². The van der Waals surface area contributed by atoms with E-state index < -0.39 is 21.7 Å². The molecule has 1 aromatic heterocycles. The molecule has 0 saturated heterocycles. The number of sulfonamides is 1. The van der Waals surface area contributed by atoms with Gasteiger partial charge in [0.05, 0.1) is 17.1 Å². The molecule has 1 N–H and O–H groups in total. The largest absolute Gasteiger partial charge is 0.493 e. The van der Waals surface area contributed by atoms with Crippen LogP contribution in [0, 0.1) is 5.82 Å². The van der Waals surface area contributed by atoms with Crippen molar-refractivity contribution in [2.75, 3.05) is 26.2 Å². The number of rotatable bonds is 10. The van der Waals surface area contributed by atoms with Crippen LogP contribution >= 0.6 is 0 Å². The van der Waals surface area contributed by atoms with E-state index in [0.29, 0.717) is 18.8 Å². The van der Waals surface area contributed by atoms with Gasteiger partial charge in [-0.2, -0.15) is 4.31 Å². The molecule has 152 valence electrons. The normalized spacial score (nSPS) is 11.4.